The van der Waals surface area contributed by atoms with Crippen LogP contribution in [0.1, 0.15) is 45.7 Å². The molecule has 0 aromatic heterocycles. The van der Waals surface area contributed by atoms with Crippen LogP contribution in [-0.4, -0.2) is 31.1 Å². The highest BCUT2D eigenvalue weighted by Gasteiger charge is 2.14. The van der Waals surface area contributed by atoms with Gasteiger partial charge in [-0.3, -0.25) is 0 Å². The summed E-state index contributed by atoms with van der Waals surface area (Å²) in [5, 5.41) is 3.44. The van der Waals surface area contributed by atoms with Crippen LogP contribution in [0, 0.1) is 5.92 Å². The van der Waals surface area contributed by atoms with Gasteiger partial charge in [-0.15, -0.1) is 0 Å². The second-order valence-corrected chi connectivity index (χ2v) is 6.02. The second kappa shape index (κ2) is 8.34. The molecule has 1 atom stereocenters. The summed E-state index contributed by atoms with van der Waals surface area (Å²) in [4.78, 5) is 2.58. The molecule has 1 N–H and O–H groups in total. The zero-order valence-corrected chi connectivity index (χ0v) is 13.2. The maximum absolute atomic E-state index is 3.44. The molecule has 0 saturated heterocycles. The van der Waals surface area contributed by atoms with E-state index in [-0.39, 0.29) is 0 Å². The Morgan fingerprint density at radius 2 is 1.68 bits per heavy atom. The SMILES string of the molecule is CNC(CCN(CC(C)C)C(C)C)c1ccccc1. The smallest absolute Gasteiger partial charge is 0.0329 e. The molecule has 1 aromatic rings. The summed E-state index contributed by atoms with van der Waals surface area (Å²) < 4.78 is 0. The van der Waals surface area contributed by atoms with E-state index in [9.17, 15) is 0 Å². The Morgan fingerprint density at radius 1 is 1.05 bits per heavy atom. The summed E-state index contributed by atoms with van der Waals surface area (Å²) in [6.45, 7) is 11.5. The largest absolute Gasteiger partial charge is 0.313 e. The fraction of sp³-hybridized carbons (Fsp3) is 0.647. The van der Waals surface area contributed by atoms with E-state index in [2.05, 4.69) is 75.3 Å². The normalized spacial score (nSPS) is 13.5. The maximum atomic E-state index is 3.44. The van der Waals surface area contributed by atoms with Gasteiger partial charge in [0.2, 0.25) is 0 Å². The number of nitrogens with one attached hydrogen (secondary N) is 1. The van der Waals surface area contributed by atoms with Crippen molar-refractivity contribution in [3.63, 3.8) is 0 Å². The lowest BCUT2D eigenvalue weighted by molar-refractivity contribution is 0.188. The minimum atomic E-state index is 0.453. The van der Waals surface area contributed by atoms with Gasteiger partial charge in [0.25, 0.3) is 0 Å². The zero-order valence-electron chi connectivity index (χ0n) is 13.2. The van der Waals surface area contributed by atoms with Crippen molar-refractivity contribution in [2.24, 2.45) is 5.92 Å². The first-order valence-corrected chi connectivity index (χ1v) is 7.50. The second-order valence-electron chi connectivity index (χ2n) is 6.02. The molecule has 0 spiro atoms. The summed E-state index contributed by atoms with van der Waals surface area (Å²) in [6, 6.07) is 11.8. The monoisotopic (exact) mass is 262 g/mol. The summed E-state index contributed by atoms with van der Waals surface area (Å²) >= 11 is 0. The van der Waals surface area contributed by atoms with Crippen LogP contribution in [0.15, 0.2) is 30.3 Å². The van der Waals surface area contributed by atoms with Crippen LogP contribution in [0.5, 0.6) is 0 Å². The van der Waals surface area contributed by atoms with Gasteiger partial charge in [0, 0.05) is 25.2 Å². The summed E-state index contributed by atoms with van der Waals surface area (Å²) in [6.07, 6.45) is 1.16. The molecule has 2 nitrogen and oxygen atoms in total. The van der Waals surface area contributed by atoms with E-state index in [1.807, 2.05) is 0 Å². The van der Waals surface area contributed by atoms with E-state index >= 15 is 0 Å². The molecular weight excluding hydrogens is 232 g/mol. The molecule has 2 heteroatoms. The Labute approximate surface area is 119 Å². The van der Waals surface area contributed by atoms with E-state index in [1.54, 1.807) is 0 Å². The Hall–Kier alpha value is -0.860. The van der Waals surface area contributed by atoms with Crippen molar-refractivity contribution in [3.8, 4) is 0 Å². The van der Waals surface area contributed by atoms with Crippen LogP contribution in [0.25, 0.3) is 0 Å². The highest BCUT2D eigenvalue weighted by Crippen LogP contribution is 2.17. The molecule has 0 aliphatic carbocycles. The molecular formula is C17H30N2. The van der Waals surface area contributed by atoms with Crippen molar-refractivity contribution in [1.29, 1.82) is 0 Å². The van der Waals surface area contributed by atoms with E-state index in [1.165, 1.54) is 12.1 Å². The average Bonchev–Trinajstić information content (AvgIpc) is 2.38. The lowest BCUT2D eigenvalue weighted by Crippen LogP contribution is -2.36. The van der Waals surface area contributed by atoms with Gasteiger partial charge in [0.15, 0.2) is 0 Å². The van der Waals surface area contributed by atoms with Gasteiger partial charge in [-0.25, -0.2) is 0 Å². The van der Waals surface area contributed by atoms with Crippen LogP contribution in [-0.2, 0) is 0 Å². The summed E-state index contributed by atoms with van der Waals surface area (Å²) in [5.74, 6) is 0.729. The molecule has 0 bridgehead atoms. The quantitative estimate of drug-likeness (QED) is 0.768. The van der Waals surface area contributed by atoms with Crippen molar-refractivity contribution in [2.75, 3.05) is 20.1 Å². The first-order chi connectivity index (χ1) is 9.04. The number of hydrogen-bond acceptors (Lipinski definition) is 2. The van der Waals surface area contributed by atoms with Gasteiger partial charge in [-0.1, -0.05) is 44.2 Å². The van der Waals surface area contributed by atoms with Crippen molar-refractivity contribution in [1.82, 2.24) is 10.2 Å². The summed E-state index contributed by atoms with van der Waals surface area (Å²) in [7, 11) is 2.06. The zero-order chi connectivity index (χ0) is 14.3. The van der Waals surface area contributed by atoms with Gasteiger partial charge in [0.1, 0.15) is 0 Å². The van der Waals surface area contributed by atoms with E-state index < -0.39 is 0 Å². The molecule has 0 aliphatic rings. The van der Waals surface area contributed by atoms with E-state index in [4.69, 9.17) is 0 Å². The predicted octanol–water partition coefficient (Wildman–Crippen LogP) is 3.70. The van der Waals surface area contributed by atoms with Gasteiger partial charge in [-0.05, 0) is 38.8 Å². The maximum Gasteiger partial charge on any atom is 0.0329 e. The minimum Gasteiger partial charge on any atom is -0.313 e. The third-order valence-electron chi connectivity index (χ3n) is 3.59. The molecule has 1 aromatic carbocycles. The van der Waals surface area contributed by atoms with Crippen molar-refractivity contribution >= 4 is 0 Å². The Kier molecular flexibility index (Phi) is 7.11. The fourth-order valence-corrected chi connectivity index (χ4v) is 2.49. The molecule has 0 fully saturated rings. The van der Waals surface area contributed by atoms with Crippen LogP contribution in [0.4, 0.5) is 0 Å². The van der Waals surface area contributed by atoms with E-state index in [0.29, 0.717) is 12.1 Å². The van der Waals surface area contributed by atoms with Gasteiger partial charge < -0.3 is 10.2 Å². The molecule has 108 valence electrons. The topological polar surface area (TPSA) is 15.3 Å². The Bertz CT molecular complexity index is 332. The fourth-order valence-electron chi connectivity index (χ4n) is 2.49. The number of hydrogen-bond donors (Lipinski definition) is 1. The van der Waals surface area contributed by atoms with Crippen LogP contribution in [0.2, 0.25) is 0 Å². The highest BCUT2D eigenvalue weighted by atomic mass is 15.1. The summed E-state index contributed by atoms with van der Waals surface area (Å²) in [5.41, 5.74) is 1.39. The first kappa shape index (κ1) is 16.2. The van der Waals surface area contributed by atoms with Gasteiger partial charge >= 0.3 is 0 Å². The molecule has 0 radical (unpaired) electrons. The average molecular weight is 262 g/mol. The highest BCUT2D eigenvalue weighted by molar-refractivity contribution is 5.18. The molecule has 1 rings (SSSR count). The Balaban J connectivity index is 2.56. The van der Waals surface area contributed by atoms with Crippen molar-refractivity contribution in [3.05, 3.63) is 35.9 Å². The number of nitrogens with zero attached hydrogens (tertiary/aromatic N) is 1. The third kappa shape index (κ3) is 5.75. The first-order valence-electron chi connectivity index (χ1n) is 7.50. The Morgan fingerprint density at radius 3 is 2.16 bits per heavy atom. The molecule has 1 unspecified atom stereocenters. The van der Waals surface area contributed by atoms with Crippen molar-refractivity contribution < 1.29 is 0 Å². The van der Waals surface area contributed by atoms with Crippen molar-refractivity contribution in [2.45, 2.75) is 46.2 Å². The van der Waals surface area contributed by atoms with Crippen LogP contribution in [0.3, 0.4) is 0 Å². The lowest BCUT2D eigenvalue weighted by atomic mass is 10.0. The molecule has 0 amide bonds. The molecule has 0 aliphatic heterocycles. The van der Waals surface area contributed by atoms with E-state index in [0.717, 1.165) is 18.9 Å². The molecule has 0 heterocycles. The van der Waals surface area contributed by atoms with Gasteiger partial charge in [0.05, 0.1) is 0 Å². The number of rotatable bonds is 8. The van der Waals surface area contributed by atoms with Crippen LogP contribution < -0.4 is 5.32 Å². The third-order valence-corrected chi connectivity index (χ3v) is 3.59. The molecule has 0 saturated carbocycles. The van der Waals surface area contributed by atoms with Crippen LogP contribution >= 0.6 is 0 Å². The minimum absolute atomic E-state index is 0.453. The standard InChI is InChI=1S/C17H30N2/c1-14(2)13-19(15(3)4)12-11-17(18-5)16-9-7-6-8-10-16/h6-10,14-15,17-18H,11-13H2,1-5H3. The predicted molar refractivity (Wildman–Crippen MR) is 84.4 cm³/mol. The molecule has 19 heavy (non-hydrogen) atoms. The van der Waals surface area contributed by atoms with Gasteiger partial charge in [-0.2, -0.15) is 0 Å². The number of benzene rings is 1. The lowest BCUT2D eigenvalue weighted by Gasteiger charge is -2.30.